The standard InChI is InChI=1S/C10H20N2O3/c1-4-5-9(11)10(13)12-6-8(15-3)7-14-2/h4,8-9H,1,5-7,11H2,2-3H3,(H,12,13). The topological polar surface area (TPSA) is 73.6 Å². The number of ether oxygens (including phenoxy) is 2. The maximum absolute atomic E-state index is 11.4. The van der Waals surface area contributed by atoms with Crippen LogP contribution in [0.25, 0.3) is 0 Å². The molecule has 0 radical (unpaired) electrons. The molecule has 0 saturated heterocycles. The van der Waals surface area contributed by atoms with E-state index in [1.165, 1.54) is 0 Å². The highest BCUT2D eigenvalue weighted by Gasteiger charge is 2.13. The highest BCUT2D eigenvalue weighted by molar-refractivity contribution is 5.81. The predicted molar refractivity (Wildman–Crippen MR) is 58.5 cm³/mol. The molecule has 3 N–H and O–H groups in total. The van der Waals surface area contributed by atoms with E-state index >= 15 is 0 Å². The van der Waals surface area contributed by atoms with Crippen LogP contribution in [0.2, 0.25) is 0 Å². The fourth-order valence-electron chi connectivity index (χ4n) is 1.03. The molecule has 0 heterocycles. The van der Waals surface area contributed by atoms with E-state index in [0.717, 1.165) is 0 Å². The van der Waals surface area contributed by atoms with Crippen LogP contribution < -0.4 is 11.1 Å². The Kier molecular flexibility index (Phi) is 7.89. The van der Waals surface area contributed by atoms with Gasteiger partial charge in [-0.2, -0.15) is 0 Å². The monoisotopic (exact) mass is 216 g/mol. The van der Waals surface area contributed by atoms with E-state index in [1.54, 1.807) is 20.3 Å². The van der Waals surface area contributed by atoms with E-state index in [1.807, 2.05) is 0 Å². The second-order valence-corrected chi connectivity index (χ2v) is 3.19. The SMILES string of the molecule is C=CCC(N)C(=O)NCC(COC)OC. The molecule has 0 fully saturated rings. The molecular weight excluding hydrogens is 196 g/mol. The first-order valence-electron chi connectivity index (χ1n) is 4.81. The molecule has 1 amide bonds. The Labute approximate surface area is 90.6 Å². The zero-order valence-corrected chi connectivity index (χ0v) is 9.36. The fourth-order valence-corrected chi connectivity index (χ4v) is 1.03. The van der Waals surface area contributed by atoms with Gasteiger partial charge in [0.2, 0.25) is 5.91 Å². The van der Waals surface area contributed by atoms with Crippen LogP contribution >= 0.6 is 0 Å². The molecule has 2 unspecified atom stereocenters. The summed E-state index contributed by atoms with van der Waals surface area (Å²) in [5, 5.41) is 2.69. The zero-order valence-electron chi connectivity index (χ0n) is 9.36. The lowest BCUT2D eigenvalue weighted by molar-refractivity contribution is -0.123. The average molecular weight is 216 g/mol. The summed E-state index contributed by atoms with van der Waals surface area (Å²) < 4.78 is 9.99. The number of rotatable bonds is 8. The Balaban J connectivity index is 3.81. The maximum atomic E-state index is 11.4. The third-order valence-corrected chi connectivity index (χ3v) is 1.95. The quantitative estimate of drug-likeness (QED) is 0.545. The number of hydrogen-bond donors (Lipinski definition) is 2. The number of methoxy groups -OCH3 is 2. The van der Waals surface area contributed by atoms with E-state index in [0.29, 0.717) is 19.6 Å². The van der Waals surface area contributed by atoms with Crippen LogP contribution in [0.4, 0.5) is 0 Å². The van der Waals surface area contributed by atoms with E-state index in [9.17, 15) is 4.79 Å². The van der Waals surface area contributed by atoms with Crippen molar-refractivity contribution in [2.45, 2.75) is 18.6 Å². The molecule has 0 aliphatic rings. The van der Waals surface area contributed by atoms with Gasteiger partial charge in [0, 0.05) is 20.8 Å². The minimum atomic E-state index is -0.539. The van der Waals surface area contributed by atoms with E-state index in [2.05, 4.69) is 11.9 Å². The average Bonchev–Trinajstić information content (AvgIpc) is 2.24. The second-order valence-electron chi connectivity index (χ2n) is 3.19. The van der Waals surface area contributed by atoms with Crippen LogP contribution in [0.15, 0.2) is 12.7 Å². The Bertz CT molecular complexity index is 197. The molecule has 2 atom stereocenters. The zero-order chi connectivity index (χ0) is 11.7. The largest absolute Gasteiger partial charge is 0.382 e. The molecule has 5 heteroatoms. The summed E-state index contributed by atoms with van der Waals surface area (Å²) in [6.45, 7) is 4.35. The molecule has 0 aromatic carbocycles. The maximum Gasteiger partial charge on any atom is 0.237 e. The van der Waals surface area contributed by atoms with Gasteiger partial charge in [0.15, 0.2) is 0 Å². The van der Waals surface area contributed by atoms with Crippen molar-refractivity contribution in [2.24, 2.45) is 5.73 Å². The van der Waals surface area contributed by atoms with Crippen molar-refractivity contribution in [1.82, 2.24) is 5.32 Å². The van der Waals surface area contributed by atoms with Gasteiger partial charge in [0.25, 0.3) is 0 Å². The van der Waals surface area contributed by atoms with Crippen molar-refractivity contribution in [3.8, 4) is 0 Å². The van der Waals surface area contributed by atoms with Crippen molar-refractivity contribution in [3.63, 3.8) is 0 Å². The van der Waals surface area contributed by atoms with Crippen molar-refractivity contribution in [2.75, 3.05) is 27.4 Å². The van der Waals surface area contributed by atoms with Gasteiger partial charge in [-0.15, -0.1) is 6.58 Å². The second kappa shape index (κ2) is 8.40. The van der Waals surface area contributed by atoms with Gasteiger partial charge in [-0.05, 0) is 6.42 Å². The summed E-state index contributed by atoms with van der Waals surface area (Å²) in [7, 11) is 3.15. The van der Waals surface area contributed by atoms with Crippen molar-refractivity contribution < 1.29 is 14.3 Å². The minimum Gasteiger partial charge on any atom is -0.382 e. The number of carbonyl (C=O) groups excluding carboxylic acids is 1. The molecule has 0 aliphatic heterocycles. The number of carbonyl (C=O) groups is 1. The molecule has 0 spiro atoms. The molecular formula is C10H20N2O3. The Morgan fingerprint density at radius 2 is 2.27 bits per heavy atom. The molecule has 0 aromatic heterocycles. The normalized spacial score (nSPS) is 14.3. The fraction of sp³-hybridized carbons (Fsp3) is 0.700. The number of amides is 1. The van der Waals surface area contributed by atoms with Crippen molar-refractivity contribution in [1.29, 1.82) is 0 Å². The first-order chi connectivity index (χ1) is 7.15. The van der Waals surface area contributed by atoms with Crippen molar-refractivity contribution in [3.05, 3.63) is 12.7 Å². The molecule has 15 heavy (non-hydrogen) atoms. The van der Waals surface area contributed by atoms with E-state index in [4.69, 9.17) is 15.2 Å². The van der Waals surface area contributed by atoms with Crippen LogP contribution in [0.3, 0.4) is 0 Å². The van der Waals surface area contributed by atoms with Gasteiger partial charge in [0.05, 0.1) is 18.8 Å². The summed E-state index contributed by atoms with van der Waals surface area (Å²) in [5.74, 6) is -0.201. The highest BCUT2D eigenvalue weighted by atomic mass is 16.5. The van der Waals surface area contributed by atoms with Gasteiger partial charge < -0.3 is 20.5 Å². The van der Waals surface area contributed by atoms with E-state index in [-0.39, 0.29) is 12.0 Å². The third-order valence-electron chi connectivity index (χ3n) is 1.95. The van der Waals surface area contributed by atoms with Gasteiger partial charge in [-0.1, -0.05) is 6.08 Å². The summed E-state index contributed by atoms with van der Waals surface area (Å²) in [6.07, 6.45) is 1.94. The van der Waals surface area contributed by atoms with Gasteiger partial charge in [-0.3, -0.25) is 4.79 Å². The van der Waals surface area contributed by atoms with Crippen molar-refractivity contribution >= 4 is 5.91 Å². The van der Waals surface area contributed by atoms with Gasteiger partial charge in [0.1, 0.15) is 0 Å². The van der Waals surface area contributed by atoms with Gasteiger partial charge >= 0.3 is 0 Å². The number of nitrogens with one attached hydrogen (secondary N) is 1. The van der Waals surface area contributed by atoms with Crippen LogP contribution in [0.5, 0.6) is 0 Å². The number of nitrogens with two attached hydrogens (primary N) is 1. The lowest BCUT2D eigenvalue weighted by Gasteiger charge is -2.16. The molecule has 0 aromatic rings. The molecule has 0 rings (SSSR count). The first kappa shape index (κ1) is 14.1. The van der Waals surface area contributed by atoms with Crippen LogP contribution in [-0.2, 0) is 14.3 Å². The minimum absolute atomic E-state index is 0.144. The highest BCUT2D eigenvalue weighted by Crippen LogP contribution is 1.92. The Morgan fingerprint density at radius 1 is 1.60 bits per heavy atom. The summed E-state index contributed by atoms with van der Waals surface area (Å²) in [4.78, 5) is 11.4. The smallest absolute Gasteiger partial charge is 0.237 e. The van der Waals surface area contributed by atoms with Crippen LogP contribution in [0.1, 0.15) is 6.42 Å². The predicted octanol–water partition coefficient (Wildman–Crippen LogP) is -0.333. The molecule has 0 bridgehead atoms. The Hall–Kier alpha value is -0.910. The van der Waals surface area contributed by atoms with Gasteiger partial charge in [-0.25, -0.2) is 0 Å². The lowest BCUT2D eigenvalue weighted by Crippen LogP contribution is -2.44. The summed E-state index contributed by atoms with van der Waals surface area (Å²) in [5.41, 5.74) is 5.57. The number of hydrogen-bond acceptors (Lipinski definition) is 4. The first-order valence-corrected chi connectivity index (χ1v) is 4.81. The van der Waals surface area contributed by atoms with Crippen LogP contribution in [0, 0.1) is 0 Å². The molecule has 0 saturated carbocycles. The Morgan fingerprint density at radius 3 is 2.73 bits per heavy atom. The van der Waals surface area contributed by atoms with E-state index < -0.39 is 6.04 Å². The van der Waals surface area contributed by atoms with Crippen LogP contribution in [-0.4, -0.2) is 45.4 Å². The molecule has 0 aliphatic carbocycles. The third kappa shape index (κ3) is 6.22. The summed E-state index contributed by atoms with van der Waals surface area (Å²) in [6, 6.07) is -0.539. The summed E-state index contributed by atoms with van der Waals surface area (Å²) >= 11 is 0. The molecule has 88 valence electrons. The lowest BCUT2D eigenvalue weighted by atomic mass is 10.2. The molecule has 5 nitrogen and oxygen atoms in total.